The molecule has 6 heteroatoms. The number of fused-ring (bicyclic) bond motifs is 1. The fraction of sp³-hybridized carbons (Fsp3) is 0.220. The molecule has 9 rings (SSSR count). The molecule has 0 aliphatic carbocycles. The Labute approximate surface area is 399 Å². The van der Waals surface area contributed by atoms with E-state index in [0.29, 0.717) is 23.3 Å². The number of hydrogen-bond acceptors (Lipinski definition) is 2. The minimum atomic E-state index is 0. The van der Waals surface area contributed by atoms with Crippen molar-refractivity contribution in [3.8, 4) is 67.8 Å². The summed E-state index contributed by atoms with van der Waals surface area (Å²) in [6, 6.07) is 58.4. The van der Waals surface area contributed by atoms with Gasteiger partial charge in [-0.15, -0.1) is 35.9 Å². The number of imidazole rings is 2. The number of para-hydroxylation sites is 2. The molecule has 0 atom stereocenters. The van der Waals surface area contributed by atoms with Crippen LogP contribution in [0, 0.1) is 18.5 Å². The zero-order valence-corrected chi connectivity index (χ0v) is 41.0. The average Bonchev–Trinajstić information content (AvgIpc) is 3.89. The summed E-state index contributed by atoms with van der Waals surface area (Å²) in [7, 11) is 2.07. The molecule has 0 N–H and O–H groups in total. The van der Waals surface area contributed by atoms with E-state index in [0.717, 1.165) is 33.8 Å². The van der Waals surface area contributed by atoms with Gasteiger partial charge in [-0.05, 0) is 98.0 Å². The Morgan fingerprint density at radius 3 is 1.62 bits per heavy atom. The minimum Gasteiger partial charge on any atom is -0.504 e. The Kier molecular flexibility index (Phi) is 13.3. The van der Waals surface area contributed by atoms with Gasteiger partial charge in [0, 0.05) is 44.4 Å². The first-order valence-corrected chi connectivity index (χ1v) is 22.6. The van der Waals surface area contributed by atoms with Crippen LogP contribution in [0.1, 0.15) is 101 Å². The van der Waals surface area contributed by atoms with Crippen LogP contribution in [-0.2, 0) is 28.1 Å². The monoisotopic (exact) mass is 1030 g/mol. The fourth-order valence-electron chi connectivity index (χ4n) is 8.94. The van der Waals surface area contributed by atoms with E-state index >= 15 is 0 Å². The molecule has 0 unspecified atom stereocenters. The van der Waals surface area contributed by atoms with E-state index in [-0.39, 0.29) is 32.9 Å². The van der Waals surface area contributed by atoms with Crippen LogP contribution in [0.5, 0.6) is 11.5 Å². The van der Waals surface area contributed by atoms with Gasteiger partial charge < -0.3 is 18.4 Å². The number of hydrogen-bond donors (Lipinski definition) is 0. The summed E-state index contributed by atoms with van der Waals surface area (Å²) in [6.45, 7) is 18.2. The predicted molar refractivity (Wildman–Crippen MR) is 263 cm³/mol. The largest absolute Gasteiger partial charge is 0.504 e. The van der Waals surface area contributed by atoms with Crippen LogP contribution in [0.4, 0.5) is 0 Å². The summed E-state index contributed by atoms with van der Waals surface area (Å²) >= 11 is 0. The second kappa shape index (κ2) is 19.0. The van der Waals surface area contributed by atoms with Crippen molar-refractivity contribution in [3.05, 3.63) is 193 Å². The van der Waals surface area contributed by atoms with Crippen molar-refractivity contribution in [1.82, 2.24) is 14.1 Å². The molecule has 0 spiro atoms. The number of benzene rings is 7. The van der Waals surface area contributed by atoms with Crippen molar-refractivity contribution in [2.45, 2.75) is 79.1 Å². The second-order valence-electron chi connectivity index (χ2n) is 18.1. The van der Waals surface area contributed by atoms with Crippen LogP contribution in [0.3, 0.4) is 0 Å². The van der Waals surface area contributed by atoms with E-state index in [2.05, 4.69) is 211 Å². The summed E-state index contributed by atoms with van der Waals surface area (Å²) in [5.41, 5.74) is 17.3. The van der Waals surface area contributed by atoms with Gasteiger partial charge in [-0.2, -0.15) is 12.1 Å². The van der Waals surface area contributed by atoms with Crippen molar-refractivity contribution in [3.63, 3.8) is 0 Å². The molecule has 5 nitrogen and oxygen atoms in total. The number of nitrogens with zero attached hydrogens (tertiary/aromatic N) is 4. The third kappa shape index (κ3) is 9.05. The Bertz CT molecular complexity index is 3040. The van der Waals surface area contributed by atoms with Crippen LogP contribution in [0.25, 0.3) is 67.3 Å². The van der Waals surface area contributed by atoms with E-state index in [4.69, 9.17) is 9.72 Å². The van der Waals surface area contributed by atoms with Gasteiger partial charge >= 0.3 is 0 Å². The second-order valence-corrected chi connectivity index (χ2v) is 18.1. The summed E-state index contributed by atoms with van der Waals surface area (Å²) in [6.07, 6.45) is 5.73. The van der Waals surface area contributed by atoms with Crippen molar-refractivity contribution in [2.24, 2.45) is 7.05 Å². The van der Waals surface area contributed by atoms with E-state index in [1.165, 1.54) is 55.8 Å². The van der Waals surface area contributed by atoms with Gasteiger partial charge in [0.25, 0.3) is 0 Å². The Morgan fingerprint density at radius 2 is 1.05 bits per heavy atom. The summed E-state index contributed by atoms with van der Waals surface area (Å²) in [5, 5.41) is 0. The fourth-order valence-corrected chi connectivity index (χ4v) is 8.94. The third-order valence-electron chi connectivity index (χ3n) is 12.2. The van der Waals surface area contributed by atoms with Gasteiger partial charge in [-0.25, -0.2) is 0 Å². The standard InChI is InChI=1S/C59H56N4O.Pt/c1-38(2)50-31-45(42-20-12-10-13-21-42)32-51(39(3)4)57(50)56-36-62(37-61(56)9)47-25-19-27-49(35-47)64-48-26-18-24-44(30-48)59-60-54-28-16-17-29-55(54)63(59)58-52(40(5)6)33-46(34-53(58)41(7)8)43-22-14-11-15-23-43;/h10-29,31-34,36,38-41H,1-9H3;/q-2;. The molecule has 2 heterocycles. The van der Waals surface area contributed by atoms with E-state index in [9.17, 15) is 0 Å². The van der Waals surface area contributed by atoms with Crippen LogP contribution in [0.15, 0.2) is 152 Å². The number of rotatable bonds is 12. The summed E-state index contributed by atoms with van der Waals surface area (Å²) in [5.74, 6) is 3.16. The van der Waals surface area contributed by atoms with Crippen molar-refractivity contribution in [2.75, 3.05) is 0 Å². The number of aromatic nitrogens is 4. The zero-order valence-electron chi connectivity index (χ0n) is 38.8. The molecule has 9 aromatic rings. The summed E-state index contributed by atoms with van der Waals surface area (Å²) in [4.78, 5) is 5.29. The van der Waals surface area contributed by atoms with Gasteiger partial charge in [0.15, 0.2) is 0 Å². The molecule has 0 aliphatic rings. The van der Waals surface area contributed by atoms with Crippen LogP contribution in [0.2, 0.25) is 0 Å². The first kappa shape index (κ1) is 45.3. The Balaban J connectivity index is 0.00000576. The average molecular weight is 1030 g/mol. The normalized spacial score (nSPS) is 11.6. The number of aryl methyl sites for hydroxylation is 1. The van der Waals surface area contributed by atoms with E-state index in [1.807, 2.05) is 34.9 Å². The van der Waals surface area contributed by atoms with Crippen molar-refractivity contribution in [1.29, 1.82) is 0 Å². The van der Waals surface area contributed by atoms with Gasteiger partial charge in [0.1, 0.15) is 0 Å². The topological polar surface area (TPSA) is 35.9 Å². The molecule has 0 aliphatic heterocycles. The third-order valence-corrected chi connectivity index (χ3v) is 12.2. The molecule has 65 heavy (non-hydrogen) atoms. The molecular formula is C59H56N4OPt-2. The van der Waals surface area contributed by atoms with Crippen LogP contribution >= 0.6 is 0 Å². The number of ether oxygens (including phenoxy) is 1. The predicted octanol–water partition coefficient (Wildman–Crippen LogP) is 15.0. The molecule has 330 valence electrons. The van der Waals surface area contributed by atoms with Gasteiger partial charge in [0.2, 0.25) is 6.33 Å². The minimum absolute atomic E-state index is 0. The van der Waals surface area contributed by atoms with Crippen molar-refractivity contribution >= 4 is 11.0 Å². The quantitative estimate of drug-likeness (QED) is 0.0903. The molecular weight excluding hydrogens is 976 g/mol. The molecule has 0 saturated carbocycles. The molecule has 0 radical (unpaired) electrons. The Hall–Kier alpha value is -6.29. The van der Waals surface area contributed by atoms with E-state index in [1.54, 1.807) is 0 Å². The zero-order chi connectivity index (χ0) is 44.6. The van der Waals surface area contributed by atoms with Gasteiger partial charge in [-0.1, -0.05) is 152 Å². The maximum absolute atomic E-state index is 6.61. The Morgan fingerprint density at radius 1 is 0.538 bits per heavy atom. The van der Waals surface area contributed by atoms with Crippen molar-refractivity contribution < 1.29 is 30.4 Å². The maximum atomic E-state index is 6.61. The molecule has 0 amide bonds. The maximum Gasteiger partial charge on any atom is 0.241 e. The molecule has 0 fully saturated rings. The van der Waals surface area contributed by atoms with Crippen LogP contribution < -0.4 is 9.30 Å². The van der Waals surface area contributed by atoms with Gasteiger partial charge in [-0.3, -0.25) is 4.98 Å². The van der Waals surface area contributed by atoms with E-state index < -0.39 is 0 Å². The molecule has 7 aromatic carbocycles. The molecule has 2 aromatic heterocycles. The SMILES string of the molecule is CC(C)c1cc(-c2ccccc2)cc(C(C)C)c1-c1c[n+](-c2[c-]c(Oc3[c-]c(-c4nc5ccccc5n4-c4c(C(C)C)cc(-c5ccccc5)cc4C(C)C)ccc3)ccc2)[c-]n1C.[Pt]. The smallest absolute Gasteiger partial charge is 0.241 e. The molecule has 0 saturated heterocycles. The van der Waals surface area contributed by atoms with Gasteiger partial charge in [0.05, 0.1) is 29.6 Å². The van der Waals surface area contributed by atoms with Crippen LogP contribution in [-0.4, -0.2) is 14.1 Å². The molecule has 0 bridgehead atoms. The first-order chi connectivity index (χ1) is 30.9. The first-order valence-electron chi connectivity index (χ1n) is 22.6. The summed E-state index contributed by atoms with van der Waals surface area (Å²) < 4.78 is 13.1.